The molecule has 6 heteroatoms. The summed E-state index contributed by atoms with van der Waals surface area (Å²) in [6.07, 6.45) is 0. The number of anilines is 4. The van der Waals surface area contributed by atoms with E-state index in [9.17, 15) is 4.79 Å². The molecular weight excluding hydrogens is 364 g/mol. The highest BCUT2D eigenvalue weighted by Crippen LogP contribution is 2.25. The van der Waals surface area contributed by atoms with Crippen LogP contribution in [0.5, 0.6) is 0 Å². The van der Waals surface area contributed by atoms with Crippen molar-refractivity contribution in [3.63, 3.8) is 0 Å². The second kappa shape index (κ2) is 8.31. The Morgan fingerprint density at radius 3 is 2.07 bits per heavy atom. The van der Waals surface area contributed by atoms with Crippen molar-refractivity contribution in [3.8, 4) is 0 Å². The Hall–Kier alpha value is -3.41. The average molecular weight is 390 g/mol. The molecule has 0 radical (unpaired) electrons. The number of aryl methyl sites for hydroxylation is 1. The second-order valence-electron chi connectivity index (χ2n) is 7.86. The molecule has 0 aliphatic heterocycles. The van der Waals surface area contributed by atoms with Crippen molar-refractivity contribution in [2.75, 3.05) is 17.7 Å². The molecule has 1 heterocycles. The van der Waals surface area contributed by atoms with Gasteiger partial charge in [0.1, 0.15) is 5.82 Å². The van der Waals surface area contributed by atoms with Crippen molar-refractivity contribution in [1.82, 2.24) is 9.97 Å². The smallest absolute Gasteiger partial charge is 0.337 e. The maximum atomic E-state index is 11.6. The van der Waals surface area contributed by atoms with Gasteiger partial charge < -0.3 is 15.4 Å². The summed E-state index contributed by atoms with van der Waals surface area (Å²) in [7, 11) is 1.36. The lowest BCUT2D eigenvalue weighted by atomic mass is 9.87. The molecule has 0 saturated carbocycles. The van der Waals surface area contributed by atoms with Crippen LogP contribution in [0.2, 0.25) is 0 Å². The van der Waals surface area contributed by atoms with Gasteiger partial charge in [0, 0.05) is 23.1 Å². The molecule has 2 N–H and O–H groups in total. The number of nitrogens with one attached hydrogen (secondary N) is 2. The largest absolute Gasteiger partial charge is 0.465 e. The third-order valence-corrected chi connectivity index (χ3v) is 4.44. The van der Waals surface area contributed by atoms with Crippen LogP contribution in [0.3, 0.4) is 0 Å². The molecule has 0 fully saturated rings. The van der Waals surface area contributed by atoms with Crippen molar-refractivity contribution in [2.24, 2.45) is 0 Å². The Labute approximate surface area is 171 Å². The van der Waals surface area contributed by atoms with Crippen molar-refractivity contribution >= 4 is 29.1 Å². The minimum Gasteiger partial charge on any atom is -0.465 e. The maximum absolute atomic E-state index is 11.6. The first-order valence-electron chi connectivity index (χ1n) is 9.43. The minimum absolute atomic E-state index is 0.110. The summed E-state index contributed by atoms with van der Waals surface area (Å²) in [4.78, 5) is 20.6. The number of rotatable bonds is 5. The molecule has 29 heavy (non-hydrogen) atoms. The van der Waals surface area contributed by atoms with E-state index in [1.54, 1.807) is 12.1 Å². The van der Waals surface area contributed by atoms with Crippen LogP contribution in [-0.4, -0.2) is 23.0 Å². The second-order valence-corrected chi connectivity index (χ2v) is 7.86. The molecule has 0 aliphatic rings. The summed E-state index contributed by atoms with van der Waals surface area (Å²) in [6, 6.07) is 17.2. The van der Waals surface area contributed by atoms with Gasteiger partial charge in [-0.25, -0.2) is 9.78 Å². The lowest BCUT2D eigenvalue weighted by molar-refractivity contribution is 0.0601. The Kier molecular flexibility index (Phi) is 5.82. The lowest BCUT2D eigenvalue weighted by Gasteiger charge is -2.19. The normalized spacial score (nSPS) is 11.1. The zero-order valence-electron chi connectivity index (χ0n) is 17.4. The number of methoxy groups -OCH3 is 1. The molecule has 0 saturated heterocycles. The van der Waals surface area contributed by atoms with Gasteiger partial charge in [0.25, 0.3) is 0 Å². The zero-order chi connectivity index (χ0) is 21.0. The predicted octanol–water partition coefficient (Wildman–Crippen LogP) is 5.36. The van der Waals surface area contributed by atoms with Gasteiger partial charge in [0.15, 0.2) is 0 Å². The van der Waals surface area contributed by atoms with Crippen LogP contribution in [0.4, 0.5) is 23.1 Å². The van der Waals surface area contributed by atoms with E-state index < -0.39 is 0 Å². The molecule has 0 unspecified atom stereocenters. The highest BCUT2D eigenvalue weighted by atomic mass is 16.5. The van der Waals surface area contributed by atoms with Gasteiger partial charge in [-0.05, 0) is 54.3 Å². The number of nitrogens with zero attached hydrogens (tertiary/aromatic N) is 2. The van der Waals surface area contributed by atoms with Crippen molar-refractivity contribution in [3.05, 3.63) is 71.4 Å². The summed E-state index contributed by atoms with van der Waals surface area (Å²) in [5, 5.41) is 6.50. The quantitative estimate of drug-likeness (QED) is 0.572. The van der Waals surface area contributed by atoms with Crippen LogP contribution < -0.4 is 10.6 Å². The maximum Gasteiger partial charge on any atom is 0.337 e. The van der Waals surface area contributed by atoms with E-state index in [1.165, 1.54) is 12.7 Å². The third kappa shape index (κ3) is 5.31. The van der Waals surface area contributed by atoms with Crippen LogP contribution in [0, 0.1) is 6.92 Å². The van der Waals surface area contributed by atoms with E-state index in [-0.39, 0.29) is 11.4 Å². The molecular formula is C23H26N4O2. The van der Waals surface area contributed by atoms with E-state index in [2.05, 4.69) is 53.5 Å². The molecule has 0 spiro atoms. The van der Waals surface area contributed by atoms with Gasteiger partial charge in [-0.3, -0.25) is 0 Å². The van der Waals surface area contributed by atoms with Gasteiger partial charge in [0.2, 0.25) is 5.95 Å². The fourth-order valence-corrected chi connectivity index (χ4v) is 2.83. The van der Waals surface area contributed by atoms with Crippen LogP contribution in [-0.2, 0) is 10.2 Å². The molecule has 6 nitrogen and oxygen atoms in total. The number of ether oxygens (including phenoxy) is 1. The minimum atomic E-state index is -0.363. The highest BCUT2D eigenvalue weighted by Gasteiger charge is 2.13. The number of carbonyl (C=O) groups is 1. The standard InChI is InChI=1S/C23H26N4O2/c1-15-14-20(25-18-10-6-16(7-11-18)21(28)29-5)27-22(24-15)26-19-12-8-17(9-13-19)23(2,3)4/h6-14H,1-5H3,(H2,24,25,26,27). The number of carbonyl (C=O) groups excluding carboxylic acids is 1. The van der Waals surface area contributed by atoms with Crippen LogP contribution in [0.1, 0.15) is 42.4 Å². The van der Waals surface area contributed by atoms with Gasteiger partial charge in [0.05, 0.1) is 12.7 Å². The summed E-state index contributed by atoms with van der Waals surface area (Å²) in [6.45, 7) is 8.49. The van der Waals surface area contributed by atoms with Gasteiger partial charge >= 0.3 is 5.97 Å². The Morgan fingerprint density at radius 2 is 1.48 bits per heavy atom. The molecule has 0 aliphatic carbocycles. The molecule has 0 atom stereocenters. The van der Waals surface area contributed by atoms with Crippen molar-refractivity contribution in [1.29, 1.82) is 0 Å². The lowest BCUT2D eigenvalue weighted by Crippen LogP contribution is -2.10. The molecule has 3 rings (SSSR count). The van der Waals surface area contributed by atoms with E-state index in [0.717, 1.165) is 17.1 Å². The van der Waals surface area contributed by atoms with E-state index in [1.807, 2.05) is 37.3 Å². The molecule has 0 bridgehead atoms. The zero-order valence-corrected chi connectivity index (χ0v) is 17.4. The molecule has 2 aromatic carbocycles. The van der Waals surface area contributed by atoms with Crippen LogP contribution in [0.15, 0.2) is 54.6 Å². The third-order valence-electron chi connectivity index (χ3n) is 4.44. The monoisotopic (exact) mass is 390 g/mol. The predicted molar refractivity (Wildman–Crippen MR) is 116 cm³/mol. The van der Waals surface area contributed by atoms with E-state index in [0.29, 0.717) is 17.3 Å². The van der Waals surface area contributed by atoms with Gasteiger partial charge in [-0.2, -0.15) is 4.98 Å². The van der Waals surface area contributed by atoms with Crippen LogP contribution >= 0.6 is 0 Å². The summed E-state index contributed by atoms with van der Waals surface area (Å²) >= 11 is 0. The molecule has 3 aromatic rings. The highest BCUT2D eigenvalue weighted by molar-refractivity contribution is 5.89. The summed E-state index contributed by atoms with van der Waals surface area (Å²) in [5.41, 5.74) is 4.46. The van der Waals surface area contributed by atoms with E-state index >= 15 is 0 Å². The van der Waals surface area contributed by atoms with Crippen molar-refractivity contribution in [2.45, 2.75) is 33.1 Å². The Balaban J connectivity index is 1.75. The van der Waals surface area contributed by atoms with Gasteiger partial charge in [-0.1, -0.05) is 32.9 Å². The Bertz CT molecular complexity index is 991. The number of aromatic nitrogens is 2. The molecule has 1 aromatic heterocycles. The molecule has 150 valence electrons. The van der Waals surface area contributed by atoms with Gasteiger partial charge in [-0.15, -0.1) is 0 Å². The van der Waals surface area contributed by atoms with E-state index in [4.69, 9.17) is 4.74 Å². The SMILES string of the molecule is COC(=O)c1ccc(Nc2cc(C)nc(Nc3ccc(C(C)(C)C)cc3)n2)cc1. The summed E-state index contributed by atoms with van der Waals surface area (Å²) < 4.78 is 4.72. The first kappa shape index (κ1) is 20.3. The number of esters is 1. The Morgan fingerprint density at radius 1 is 0.897 bits per heavy atom. The number of hydrogen-bond donors (Lipinski definition) is 2. The molecule has 0 amide bonds. The van der Waals surface area contributed by atoms with Crippen molar-refractivity contribution < 1.29 is 9.53 Å². The number of hydrogen-bond acceptors (Lipinski definition) is 6. The average Bonchev–Trinajstić information content (AvgIpc) is 2.67. The first-order valence-corrected chi connectivity index (χ1v) is 9.43. The fourth-order valence-electron chi connectivity index (χ4n) is 2.83. The van der Waals surface area contributed by atoms with Crippen LogP contribution in [0.25, 0.3) is 0 Å². The topological polar surface area (TPSA) is 76.1 Å². The number of benzene rings is 2. The first-order chi connectivity index (χ1) is 13.7. The summed E-state index contributed by atoms with van der Waals surface area (Å²) in [5.74, 6) is 0.817. The fraction of sp³-hybridized carbons (Fsp3) is 0.261.